The number of hydrogen-bond acceptors (Lipinski definition) is 4. The maximum absolute atomic E-state index is 12.3. The van der Waals surface area contributed by atoms with Gasteiger partial charge in [-0.1, -0.05) is 6.07 Å². The zero-order chi connectivity index (χ0) is 15.7. The lowest BCUT2D eigenvalue weighted by Gasteiger charge is -2.32. The highest BCUT2D eigenvalue weighted by atomic mass is 16.5. The molecule has 2 amide bonds. The summed E-state index contributed by atoms with van der Waals surface area (Å²) in [5.74, 6) is 0.627. The highest BCUT2D eigenvalue weighted by Gasteiger charge is 2.24. The van der Waals surface area contributed by atoms with Crippen LogP contribution in [0.5, 0.6) is 5.75 Å². The number of nitrogens with zero attached hydrogens (tertiary/aromatic N) is 2. The topological polar surface area (TPSA) is 61.9 Å². The van der Waals surface area contributed by atoms with Crippen molar-refractivity contribution < 1.29 is 14.3 Å². The Bertz CT molecular complexity index is 594. The molecule has 0 aliphatic carbocycles. The lowest BCUT2D eigenvalue weighted by Crippen LogP contribution is -2.47. The summed E-state index contributed by atoms with van der Waals surface area (Å²) in [4.78, 5) is 28.1. The van der Waals surface area contributed by atoms with Crippen molar-refractivity contribution in [3.63, 3.8) is 0 Å². The Labute approximate surface area is 130 Å². The molecule has 0 saturated carbocycles. The SMILES string of the molecule is CC1Oc2ccc(CC(=O)N3CCN(C)CC3)cc2NC1=O. The van der Waals surface area contributed by atoms with Gasteiger partial charge in [-0.3, -0.25) is 9.59 Å². The molecule has 2 heterocycles. The van der Waals surface area contributed by atoms with Crippen molar-refractivity contribution in [2.75, 3.05) is 38.5 Å². The van der Waals surface area contributed by atoms with Gasteiger partial charge in [0.25, 0.3) is 5.91 Å². The number of rotatable bonds is 2. The zero-order valence-electron chi connectivity index (χ0n) is 13.0. The van der Waals surface area contributed by atoms with Gasteiger partial charge in [-0.15, -0.1) is 0 Å². The molecule has 3 rings (SSSR count). The second-order valence-corrected chi connectivity index (χ2v) is 5.94. The van der Waals surface area contributed by atoms with E-state index >= 15 is 0 Å². The van der Waals surface area contributed by atoms with Gasteiger partial charge in [-0.05, 0) is 31.7 Å². The van der Waals surface area contributed by atoms with E-state index in [0.717, 1.165) is 31.7 Å². The lowest BCUT2D eigenvalue weighted by molar-refractivity contribution is -0.132. The van der Waals surface area contributed by atoms with E-state index in [0.29, 0.717) is 17.9 Å². The Morgan fingerprint density at radius 1 is 1.32 bits per heavy atom. The second-order valence-electron chi connectivity index (χ2n) is 5.94. The predicted molar refractivity (Wildman–Crippen MR) is 82.9 cm³/mol. The van der Waals surface area contributed by atoms with E-state index in [1.54, 1.807) is 6.92 Å². The Balaban J connectivity index is 1.67. The molecule has 1 N–H and O–H groups in total. The molecule has 1 unspecified atom stereocenters. The number of carbonyl (C=O) groups is 2. The molecule has 0 radical (unpaired) electrons. The van der Waals surface area contributed by atoms with Crippen LogP contribution >= 0.6 is 0 Å². The predicted octanol–water partition coefficient (Wildman–Crippen LogP) is 0.722. The molecule has 2 aliphatic heterocycles. The van der Waals surface area contributed by atoms with Crippen molar-refractivity contribution in [2.45, 2.75) is 19.4 Å². The lowest BCUT2D eigenvalue weighted by atomic mass is 10.1. The highest BCUT2D eigenvalue weighted by molar-refractivity contribution is 5.97. The average Bonchev–Trinajstić information content (AvgIpc) is 2.49. The summed E-state index contributed by atoms with van der Waals surface area (Å²) in [6, 6.07) is 5.53. The Hall–Kier alpha value is -2.08. The van der Waals surface area contributed by atoms with Gasteiger partial charge in [-0.25, -0.2) is 0 Å². The van der Waals surface area contributed by atoms with Crippen LogP contribution in [0.25, 0.3) is 0 Å². The number of amides is 2. The molecular formula is C16H21N3O3. The minimum absolute atomic E-state index is 0.129. The molecule has 22 heavy (non-hydrogen) atoms. The van der Waals surface area contributed by atoms with Crippen molar-refractivity contribution in [3.05, 3.63) is 23.8 Å². The molecule has 1 aromatic rings. The number of nitrogens with one attached hydrogen (secondary N) is 1. The number of anilines is 1. The van der Waals surface area contributed by atoms with E-state index in [9.17, 15) is 9.59 Å². The van der Waals surface area contributed by atoms with E-state index in [2.05, 4.69) is 17.3 Å². The summed E-state index contributed by atoms with van der Waals surface area (Å²) in [5, 5.41) is 2.81. The maximum atomic E-state index is 12.3. The van der Waals surface area contributed by atoms with E-state index in [-0.39, 0.29) is 11.8 Å². The first kappa shape index (κ1) is 14.8. The normalized spacial score (nSPS) is 21.8. The van der Waals surface area contributed by atoms with Gasteiger partial charge in [0.05, 0.1) is 12.1 Å². The van der Waals surface area contributed by atoms with Gasteiger partial charge in [0, 0.05) is 26.2 Å². The molecule has 0 bridgehead atoms. The molecule has 2 aliphatic rings. The molecule has 6 nitrogen and oxygen atoms in total. The third-order valence-corrected chi connectivity index (χ3v) is 4.19. The summed E-state index contributed by atoms with van der Waals surface area (Å²) in [6.07, 6.45) is -0.132. The van der Waals surface area contributed by atoms with E-state index in [1.807, 2.05) is 23.1 Å². The summed E-state index contributed by atoms with van der Waals surface area (Å²) >= 11 is 0. The quantitative estimate of drug-likeness (QED) is 0.874. The molecule has 1 atom stereocenters. The van der Waals surface area contributed by atoms with Crippen molar-refractivity contribution >= 4 is 17.5 Å². The van der Waals surface area contributed by atoms with E-state index in [4.69, 9.17) is 4.74 Å². The van der Waals surface area contributed by atoms with Crippen LogP contribution in [0.3, 0.4) is 0 Å². The summed E-state index contributed by atoms with van der Waals surface area (Å²) < 4.78 is 5.52. The Morgan fingerprint density at radius 3 is 2.77 bits per heavy atom. The fraction of sp³-hybridized carbons (Fsp3) is 0.500. The van der Waals surface area contributed by atoms with Crippen LogP contribution in [0.1, 0.15) is 12.5 Å². The number of benzene rings is 1. The largest absolute Gasteiger partial charge is 0.479 e. The molecule has 118 valence electrons. The third-order valence-electron chi connectivity index (χ3n) is 4.19. The molecular weight excluding hydrogens is 282 g/mol. The zero-order valence-corrected chi connectivity index (χ0v) is 13.0. The van der Waals surface area contributed by atoms with Gasteiger partial charge in [0.1, 0.15) is 5.75 Å². The van der Waals surface area contributed by atoms with Crippen LogP contribution in [0.2, 0.25) is 0 Å². The number of carbonyl (C=O) groups excluding carboxylic acids is 2. The Kier molecular flexibility index (Phi) is 4.02. The van der Waals surface area contributed by atoms with Gasteiger partial charge in [0.15, 0.2) is 6.10 Å². The highest BCUT2D eigenvalue weighted by Crippen LogP contribution is 2.30. The van der Waals surface area contributed by atoms with E-state index < -0.39 is 6.10 Å². The van der Waals surface area contributed by atoms with Crippen molar-refractivity contribution in [2.24, 2.45) is 0 Å². The van der Waals surface area contributed by atoms with Gasteiger partial charge < -0.3 is 19.9 Å². The van der Waals surface area contributed by atoms with Gasteiger partial charge in [0.2, 0.25) is 5.91 Å². The van der Waals surface area contributed by atoms with Crippen molar-refractivity contribution in [3.8, 4) is 5.75 Å². The standard InChI is InChI=1S/C16H21N3O3/c1-11-16(21)17-13-9-12(3-4-14(13)22-11)10-15(20)19-7-5-18(2)6-8-19/h3-4,9,11H,5-8,10H2,1-2H3,(H,17,21). The van der Waals surface area contributed by atoms with Crippen LogP contribution in [0.4, 0.5) is 5.69 Å². The third kappa shape index (κ3) is 3.06. The number of ether oxygens (including phenoxy) is 1. The minimum Gasteiger partial charge on any atom is -0.479 e. The maximum Gasteiger partial charge on any atom is 0.265 e. The van der Waals surface area contributed by atoms with Crippen LogP contribution in [0.15, 0.2) is 18.2 Å². The minimum atomic E-state index is -0.481. The summed E-state index contributed by atoms with van der Waals surface area (Å²) in [5.41, 5.74) is 1.54. The molecule has 0 aromatic heterocycles. The molecule has 1 aromatic carbocycles. The summed E-state index contributed by atoms with van der Waals surface area (Å²) in [7, 11) is 2.06. The number of hydrogen-bond donors (Lipinski definition) is 1. The fourth-order valence-corrected chi connectivity index (χ4v) is 2.71. The molecule has 0 spiro atoms. The number of piperazine rings is 1. The van der Waals surface area contributed by atoms with Crippen LogP contribution in [-0.2, 0) is 16.0 Å². The number of likely N-dealkylation sites (N-methyl/N-ethyl adjacent to an activating group) is 1. The van der Waals surface area contributed by atoms with Crippen molar-refractivity contribution in [1.29, 1.82) is 0 Å². The van der Waals surface area contributed by atoms with Crippen LogP contribution in [-0.4, -0.2) is 60.9 Å². The van der Waals surface area contributed by atoms with Crippen LogP contribution in [0, 0.1) is 0 Å². The van der Waals surface area contributed by atoms with Gasteiger partial charge in [-0.2, -0.15) is 0 Å². The smallest absolute Gasteiger partial charge is 0.265 e. The first-order chi connectivity index (χ1) is 10.5. The van der Waals surface area contributed by atoms with E-state index in [1.165, 1.54) is 0 Å². The first-order valence-corrected chi connectivity index (χ1v) is 7.59. The van der Waals surface area contributed by atoms with Gasteiger partial charge >= 0.3 is 0 Å². The van der Waals surface area contributed by atoms with Crippen molar-refractivity contribution in [1.82, 2.24) is 9.80 Å². The number of fused-ring (bicyclic) bond motifs is 1. The molecule has 1 saturated heterocycles. The monoisotopic (exact) mass is 303 g/mol. The Morgan fingerprint density at radius 2 is 2.05 bits per heavy atom. The molecule has 6 heteroatoms. The molecule has 1 fully saturated rings. The summed E-state index contributed by atoms with van der Waals surface area (Å²) in [6.45, 7) is 5.09. The average molecular weight is 303 g/mol. The first-order valence-electron chi connectivity index (χ1n) is 7.59. The fourth-order valence-electron chi connectivity index (χ4n) is 2.71. The van der Waals surface area contributed by atoms with Crippen LogP contribution < -0.4 is 10.1 Å². The second kappa shape index (κ2) is 5.96.